The minimum absolute atomic E-state index is 0.168. The van der Waals surface area contributed by atoms with Crippen LogP contribution in [0.25, 0.3) is 21.9 Å². The van der Waals surface area contributed by atoms with Crippen molar-refractivity contribution in [2.24, 2.45) is 5.92 Å². The van der Waals surface area contributed by atoms with Crippen molar-refractivity contribution in [3.63, 3.8) is 0 Å². The summed E-state index contributed by atoms with van der Waals surface area (Å²) < 4.78 is 33.8. The Bertz CT molecular complexity index is 1160. The lowest BCUT2D eigenvalue weighted by Gasteiger charge is -2.17. The normalized spacial score (nSPS) is 14.8. The van der Waals surface area contributed by atoms with E-state index in [2.05, 4.69) is 4.57 Å². The van der Waals surface area contributed by atoms with Gasteiger partial charge in [-0.15, -0.1) is 0 Å². The molecule has 3 aromatic rings. The summed E-state index contributed by atoms with van der Waals surface area (Å²) in [5.41, 5.74) is 2.55. The summed E-state index contributed by atoms with van der Waals surface area (Å²) in [4.78, 5) is 14.5. The van der Waals surface area contributed by atoms with Crippen molar-refractivity contribution in [1.29, 1.82) is 0 Å². The number of aromatic nitrogens is 2. The Morgan fingerprint density at radius 1 is 1.25 bits per heavy atom. The molecule has 0 N–H and O–H groups in total. The van der Waals surface area contributed by atoms with Crippen LogP contribution >= 0.6 is 0 Å². The van der Waals surface area contributed by atoms with Gasteiger partial charge in [-0.25, -0.2) is 12.4 Å². The number of ether oxygens (including phenoxy) is 1. The first-order chi connectivity index (χ1) is 13.3. The number of hydrogen-bond donors (Lipinski definition) is 0. The van der Waals surface area contributed by atoms with Crippen molar-refractivity contribution in [3.05, 3.63) is 36.0 Å². The lowest BCUT2D eigenvalue weighted by Crippen LogP contribution is -2.32. The van der Waals surface area contributed by atoms with Gasteiger partial charge in [0, 0.05) is 32.6 Å². The van der Waals surface area contributed by atoms with E-state index < -0.39 is 10.0 Å². The average molecular weight is 404 g/mol. The lowest BCUT2D eigenvalue weighted by molar-refractivity contribution is 0.0738. The van der Waals surface area contributed by atoms with Gasteiger partial charge in [0.1, 0.15) is 5.69 Å². The number of nitrogens with zero attached hydrogens (tertiary/aromatic N) is 3. The molecule has 7 nitrogen and oxygen atoms in total. The van der Waals surface area contributed by atoms with Crippen molar-refractivity contribution >= 4 is 37.9 Å². The third-order valence-electron chi connectivity index (χ3n) is 5.34. The number of methoxy groups -OCH3 is 1. The summed E-state index contributed by atoms with van der Waals surface area (Å²) in [6.45, 7) is 1.61. The molecule has 0 radical (unpaired) electrons. The Hall–Kier alpha value is -2.32. The van der Waals surface area contributed by atoms with E-state index in [-0.39, 0.29) is 11.6 Å². The summed E-state index contributed by atoms with van der Waals surface area (Å²) in [5.74, 6) is 0.282. The van der Waals surface area contributed by atoms with Crippen LogP contribution in [0.4, 0.5) is 0 Å². The number of fused-ring (bicyclic) bond motifs is 3. The van der Waals surface area contributed by atoms with Gasteiger partial charge in [-0.05, 0) is 30.9 Å². The lowest BCUT2D eigenvalue weighted by atomic mass is 10.2. The number of benzene rings is 1. The van der Waals surface area contributed by atoms with Crippen molar-refractivity contribution in [3.8, 4) is 0 Å². The van der Waals surface area contributed by atoms with Gasteiger partial charge in [0.2, 0.25) is 10.0 Å². The van der Waals surface area contributed by atoms with Gasteiger partial charge >= 0.3 is 0 Å². The minimum Gasteiger partial charge on any atom is -0.383 e. The van der Waals surface area contributed by atoms with E-state index >= 15 is 0 Å². The van der Waals surface area contributed by atoms with Gasteiger partial charge < -0.3 is 14.2 Å². The molecule has 0 atom stereocenters. The summed E-state index contributed by atoms with van der Waals surface area (Å²) in [6.07, 6.45) is 3.52. The Kier molecular flexibility index (Phi) is 4.71. The van der Waals surface area contributed by atoms with Crippen LogP contribution in [0.1, 0.15) is 23.3 Å². The molecule has 4 rings (SSSR count). The second-order valence-corrected chi connectivity index (χ2v) is 9.41. The van der Waals surface area contributed by atoms with Gasteiger partial charge in [-0.3, -0.25) is 4.79 Å². The zero-order valence-electron chi connectivity index (χ0n) is 16.4. The summed E-state index contributed by atoms with van der Waals surface area (Å²) in [5, 5.41) is 0.849. The molecule has 0 aliphatic heterocycles. The topological polar surface area (TPSA) is 73.5 Å². The molecule has 1 aliphatic rings. The Balaban J connectivity index is 1.97. The van der Waals surface area contributed by atoms with Gasteiger partial charge in [0.25, 0.3) is 5.91 Å². The van der Waals surface area contributed by atoms with Crippen LogP contribution in [-0.2, 0) is 21.3 Å². The highest BCUT2D eigenvalue weighted by Gasteiger charge is 2.30. The van der Waals surface area contributed by atoms with Crippen molar-refractivity contribution in [2.75, 3.05) is 33.6 Å². The third-order valence-corrected chi connectivity index (χ3v) is 6.39. The van der Waals surface area contributed by atoms with Gasteiger partial charge in [0.15, 0.2) is 0 Å². The molecule has 1 fully saturated rings. The number of likely N-dealkylation sites (N-methyl/N-ethyl adjacent to an activating group) is 1. The Morgan fingerprint density at radius 3 is 2.61 bits per heavy atom. The van der Waals surface area contributed by atoms with E-state index in [9.17, 15) is 13.2 Å². The molecule has 1 saturated carbocycles. The zero-order chi connectivity index (χ0) is 20.1. The second-order valence-electron chi connectivity index (χ2n) is 7.58. The van der Waals surface area contributed by atoms with Crippen molar-refractivity contribution in [2.45, 2.75) is 19.4 Å². The minimum atomic E-state index is -3.68. The third kappa shape index (κ3) is 3.20. The fraction of sp³-hybridized carbons (Fsp3) is 0.450. The molecule has 1 aliphatic carbocycles. The van der Waals surface area contributed by atoms with Gasteiger partial charge in [0.05, 0.1) is 29.4 Å². The maximum atomic E-state index is 13.0. The quantitative estimate of drug-likeness (QED) is 0.608. The molecule has 150 valence electrons. The largest absolute Gasteiger partial charge is 0.383 e. The molecule has 0 unspecified atom stereocenters. The zero-order valence-corrected chi connectivity index (χ0v) is 17.2. The number of carbonyl (C=O) groups is 1. The highest BCUT2D eigenvalue weighted by atomic mass is 32.2. The highest BCUT2D eigenvalue weighted by Crippen LogP contribution is 2.37. The van der Waals surface area contributed by atoms with E-state index in [1.54, 1.807) is 20.2 Å². The fourth-order valence-corrected chi connectivity index (χ4v) is 4.76. The first kappa shape index (κ1) is 19.0. The van der Waals surface area contributed by atoms with Crippen LogP contribution in [0.5, 0.6) is 0 Å². The van der Waals surface area contributed by atoms with Crippen LogP contribution in [0, 0.1) is 5.92 Å². The molecular weight excluding hydrogens is 378 g/mol. The molecule has 8 heteroatoms. The summed E-state index contributed by atoms with van der Waals surface area (Å²) >= 11 is 0. The smallest absolute Gasteiger partial charge is 0.271 e. The number of para-hydroxylation sites is 1. The number of hydrogen-bond acceptors (Lipinski definition) is 4. The Labute approximate surface area is 164 Å². The van der Waals surface area contributed by atoms with E-state index in [1.165, 1.54) is 21.7 Å². The maximum absolute atomic E-state index is 13.0. The van der Waals surface area contributed by atoms with Crippen LogP contribution in [-0.4, -0.2) is 61.3 Å². The van der Waals surface area contributed by atoms with Crippen LogP contribution in [0.3, 0.4) is 0 Å². The van der Waals surface area contributed by atoms with E-state index in [4.69, 9.17) is 4.74 Å². The van der Waals surface area contributed by atoms with Gasteiger partial charge in [-0.1, -0.05) is 18.2 Å². The predicted molar refractivity (Wildman–Crippen MR) is 109 cm³/mol. The molecule has 1 amide bonds. The van der Waals surface area contributed by atoms with Gasteiger partial charge in [-0.2, -0.15) is 0 Å². The number of rotatable bonds is 7. The summed E-state index contributed by atoms with van der Waals surface area (Å²) in [7, 11) is -0.459. The first-order valence-electron chi connectivity index (χ1n) is 9.40. The molecule has 0 spiro atoms. The van der Waals surface area contributed by atoms with Crippen LogP contribution in [0.15, 0.2) is 30.3 Å². The second kappa shape index (κ2) is 6.93. The van der Waals surface area contributed by atoms with Crippen LogP contribution < -0.4 is 0 Å². The molecule has 2 heterocycles. The molecule has 0 bridgehead atoms. The predicted octanol–water partition coefficient (Wildman–Crippen LogP) is 2.53. The van der Waals surface area contributed by atoms with E-state index in [0.29, 0.717) is 24.6 Å². The van der Waals surface area contributed by atoms with Crippen molar-refractivity contribution < 1.29 is 17.9 Å². The highest BCUT2D eigenvalue weighted by molar-refractivity contribution is 7.89. The molecule has 1 aromatic carbocycles. The monoisotopic (exact) mass is 403 g/mol. The first-order valence-corrected chi connectivity index (χ1v) is 11.3. The number of carbonyl (C=O) groups excluding carboxylic acids is 1. The SMILES string of the molecule is COCCN(C)C(=O)c1cc2c(c3ccccc3n2CC2CC2)n1S(C)(=O)=O. The molecule has 0 saturated heterocycles. The molecule has 2 aromatic heterocycles. The fourth-order valence-electron chi connectivity index (χ4n) is 3.75. The standard InChI is InChI=1S/C20H25N3O4S/c1-21(10-11-27-2)20(24)18-12-17-19(23(18)28(3,25)26)15-6-4-5-7-16(15)22(17)13-14-8-9-14/h4-7,12,14H,8-11,13H2,1-3H3. The van der Waals surface area contributed by atoms with E-state index in [0.717, 1.165) is 29.2 Å². The molecule has 28 heavy (non-hydrogen) atoms. The Morgan fingerprint density at radius 2 is 1.96 bits per heavy atom. The summed E-state index contributed by atoms with van der Waals surface area (Å²) in [6, 6.07) is 9.52. The average Bonchev–Trinajstić information content (AvgIpc) is 3.31. The van der Waals surface area contributed by atoms with Crippen molar-refractivity contribution in [1.82, 2.24) is 13.4 Å². The van der Waals surface area contributed by atoms with Crippen LogP contribution in [0.2, 0.25) is 0 Å². The number of amides is 1. The maximum Gasteiger partial charge on any atom is 0.271 e. The van der Waals surface area contributed by atoms with E-state index in [1.807, 2.05) is 24.3 Å². The molecular formula is C20H25N3O4S.